The van der Waals surface area contributed by atoms with Crippen molar-refractivity contribution >= 4 is 21.9 Å². The lowest BCUT2D eigenvalue weighted by Gasteiger charge is -2.26. The fraction of sp³-hybridized carbons (Fsp3) is 0.286. The van der Waals surface area contributed by atoms with Crippen LogP contribution in [0, 0.1) is 0 Å². The van der Waals surface area contributed by atoms with Crippen molar-refractivity contribution in [1.29, 1.82) is 0 Å². The molecule has 0 unspecified atom stereocenters. The first-order chi connectivity index (χ1) is 15.7. The summed E-state index contributed by atoms with van der Waals surface area (Å²) in [5.41, 5.74) is 0.179. The molecule has 1 heterocycles. The number of allylic oxidation sites excluding steroid dienone is 1. The molecule has 2 aromatic carbocycles. The molecular formula is C21H19F4NO6S. The van der Waals surface area contributed by atoms with Gasteiger partial charge in [0.15, 0.2) is 5.78 Å². The number of morpholine rings is 1. The average Bonchev–Trinajstić information content (AvgIpc) is 2.78. The highest BCUT2D eigenvalue weighted by molar-refractivity contribution is 7.89. The molecule has 0 atom stereocenters. The Bertz CT molecular complexity index is 1100. The van der Waals surface area contributed by atoms with Crippen molar-refractivity contribution in [1.82, 2.24) is 4.31 Å². The van der Waals surface area contributed by atoms with Crippen LogP contribution in [0.4, 0.5) is 17.6 Å². The highest BCUT2D eigenvalue weighted by Gasteiger charge is 2.26. The van der Waals surface area contributed by atoms with E-state index in [0.717, 1.165) is 18.2 Å². The van der Waals surface area contributed by atoms with E-state index in [9.17, 15) is 30.8 Å². The minimum Gasteiger partial charge on any atom is -0.435 e. The van der Waals surface area contributed by atoms with Crippen LogP contribution < -0.4 is 9.47 Å². The van der Waals surface area contributed by atoms with Gasteiger partial charge in [-0.15, -0.1) is 0 Å². The Hall–Kier alpha value is -2.96. The van der Waals surface area contributed by atoms with Gasteiger partial charge in [0.1, 0.15) is 11.5 Å². The number of ketones is 1. The van der Waals surface area contributed by atoms with E-state index in [1.54, 1.807) is 0 Å². The van der Waals surface area contributed by atoms with E-state index in [2.05, 4.69) is 9.47 Å². The number of halogens is 4. The molecule has 12 heteroatoms. The standard InChI is InChI=1S/C21H19F4NO6S/c22-20(23)31-16-5-1-15(19(13-16)32-21(24)25)4-8-18(27)14-2-6-17(7-3-14)33(28,29)26-9-11-30-12-10-26/h1-8,13,20-21H,9-12H2. The summed E-state index contributed by atoms with van der Waals surface area (Å²) in [4.78, 5) is 12.5. The summed E-state index contributed by atoms with van der Waals surface area (Å²) in [6.07, 6.45) is 2.23. The zero-order valence-electron chi connectivity index (χ0n) is 17.0. The maximum atomic E-state index is 12.7. The molecule has 3 rings (SSSR count). The number of ether oxygens (including phenoxy) is 3. The van der Waals surface area contributed by atoms with Gasteiger partial charge in [-0.1, -0.05) is 0 Å². The molecule has 0 bridgehead atoms. The topological polar surface area (TPSA) is 82.1 Å². The Labute approximate surface area is 187 Å². The van der Waals surface area contributed by atoms with Gasteiger partial charge in [0.05, 0.1) is 18.1 Å². The van der Waals surface area contributed by atoms with Crippen molar-refractivity contribution < 1.29 is 45.0 Å². The number of hydrogen-bond acceptors (Lipinski definition) is 6. The highest BCUT2D eigenvalue weighted by Crippen LogP contribution is 2.29. The van der Waals surface area contributed by atoms with Gasteiger partial charge in [0, 0.05) is 30.3 Å². The van der Waals surface area contributed by atoms with Gasteiger partial charge in [0.25, 0.3) is 0 Å². The molecule has 1 saturated heterocycles. The number of carbonyl (C=O) groups excluding carboxylic acids is 1. The minimum atomic E-state index is -3.72. The number of sulfonamides is 1. The second kappa shape index (κ2) is 10.8. The molecule has 0 amide bonds. The molecule has 0 N–H and O–H groups in total. The Morgan fingerprint density at radius 2 is 1.61 bits per heavy atom. The quantitative estimate of drug-likeness (QED) is 0.303. The van der Waals surface area contributed by atoms with Crippen molar-refractivity contribution in [3.8, 4) is 11.5 Å². The van der Waals surface area contributed by atoms with Crippen LogP contribution in [0.2, 0.25) is 0 Å². The number of nitrogens with zero attached hydrogens (tertiary/aromatic N) is 1. The fourth-order valence-corrected chi connectivity index (χ4v) is 4.42. The van der Waals surface area contributed by atoms with Crippen LogP contribution in [-0.4, -0.2) is 58.0 Å². The lowest BCUT2D eigenvalue weighted by molar-refractivity contribution is -0.0543. The summed E-state index contributed by atoms with van der Waals surface area (Å²) in [7, 11) is -3.72. The Kier molecular flexibility index (Phi) is 8.06. The summed E-state index contributed by atoms with van der Waals surface area (Å²) in [6, 6.07) is 8.40. The van der Waals surface area contributed by atoms with Crippen LogP contribution in [0.1, 0.15) is 15.9 Å². The molecule has 33 heavy (non-hydrogen) atoms. The molecule has 0 radical (unpaired) electrons. The predicted molar refractivity (Wildman–Crippen MR) is 109 cm³/mol. The lowest BCUT2D eigenvalue weighted by Crippen LogP contribution is -2.40. The fourth-order valence-electron chi connectivity index (χ4n) is 3.02. The van der Waals surface area contributed by atoms with E-state index in [4.69, 9.17) is 4.74 Å². The second-order valence-corrected chi connectivity index (χ2v) is 8.63. The van der Waals surface area contributed by atoms with E-state index < -0.39 is 34.8 Å². The molecule has 2 aromatic rings. The third kappa shape index (κ3) is 6.53. The number of rotatable bonds is 9. The maximum Gasteiger partial charge on any atom is 0.387 e. The third-order valence-corrected chi connectivity index (χ3v) is 6.50. The van der Waals surface area contributed by atoms with Crippen LogP contribution >= 0.6 is 0 Å². The molecular weight excluding hydrogens is 470 g/mol. The zero-order chi connectivity index (χ0) is 24.0. The Morgan fingerprint density at radius 3 is 2.21 bits per heavy atom. The van der Waals surface area contributed by atoms with Gasteiger partial charge in [0.2, 0.25) is 10.0 Å². The van der Waals surface area contributed by atoms with E-state index in [1.807, 2.05) is 0 Å². The largest absolute Gasteiger partial charge is 0.435 e. The minimum absolute atomic E-state index is 0.0205. The smallest absolute Gasteiger partial charge is 0.387 e. The molecule has 7 nitrogen and oxygen atoms in total. The van der Waals surface area contributed by atoms with E-state index in [0.29, 0.717) is 13.2 Å². The van der Waals surface area contributed by atoms with Crippen LogP contribution in [0.25, 0.3) is 6.08 Å². The van der Waals surface area contributed by atoms with E-state index >= 15 is 0 Å². The molecule has 0 spiro atoms. The summed E-state index contributed by atoms with van der Waals surface area (Å²) in [5, 5.41) is 0. The van der Waals surface area contributed by atoms with Crippen molar-refractivity contribution in [2.24, 2.45) is 0 Å². The van der Waals surface area contributed by atoms with Crippen molar-refractivity contribution in [2.75, 3.05) is 26.3 Å². The molecule has 1 fully saturated rings. The summed E-state index contributed by atoms with van der Waals surface area (Å²) < 4.78 is 90.2. The van der Waals surface area contributed by atoms with E-state index in [-0.39, 0.29) is 34.9 Å². The van der Waals surface area contributed by atoms with Crippen molar-refractivity contribution in [3.05, 3.63) is 59.7 Å². The SMILES string of the molecule is O=C(C=Cc1ccc(OC(F)F)cc1OC(F)F)c1ccc(S(=O)(=O)N2CCOCC2)cc1. The van der Waals surface area contributed by atoms with Crippen LogP contribution in [0.5, 0.6) is 11.5 Å². The number of benzene rings is 2. The van der Waals surface area contributed by atoms with Crippen molar-refractivity contribution in [2.45, 2.75) is 18.1 Å². The third-order valence-electron chi connectivity index (χ3n) is 4.59. The zero-order valence-corrected chi connectivity index (χ0v) is 17.8. The van der Waals surface area contributed by atoms with Crippen LogP contribution in [-0.2, 0) is 14.8 Å². The second-order valence-electron chi connectivity index (χ2n) is 6.70. The number of hydrogen-bond donors (Lipinski definition) is 0. The lowest BCUT2D eigenvalue weighted by atomic mass is 10.1. The Balaban J connectivity index is 1.76. The monoisotopic (exact) mass is 489 g/mol. The molecule has 0 aromatic heterocycles. The highest BCUT2D eigenvalue weighted by atomic mass is 32.2. The first-order valence-corrected chi connectivity index (χ1v) is 11.0. The van der Waals surface area contributed by atoms with Crippen LogP contribution in [0.3, 0.4) is 0 Å². The van der Waals surface area contributed by atoms with E-state index in [1.165, 1.54) is 40.7 Å². The van der Waals surface area contributed by atoms with Gasteiger partial charge >= 0.3 is 13.2 Å². The molecule has 178 valence electrons. The number of carbonyl (C=O) groups is 1. The summed E-state index contributed by atoms with van der Waals surface area (Å²) >= 11 is 0. The molecule has 1 aliphatic rings. The van der Waals surface area contributed by atoms with Gasteiger partial charge in [-0.25, -0.2) is 8.42 Å². The average molecular weight is 489 g/mol. The Morgan fingerprint density at radius 1 is 0.970 bits per heavy atom. The normalized spacial score (nSPS) is 15.3. The summed E-state index contributed by atoms with van der Waals surface area (Å²) in [5.74, 6) is -1.39. The predicted octanol–water partition coefficient (Wildman–Crippen LogP) is 3.81. The van der Waals surface area contributed by atoms with Gasteiger partial charge < -0.3 is 14.2 Å². The number of alkyl halides is 4. The van der Waals surface area contributed by atoms with Gasteiger partial charge in [-0.2, -0.15) is 21.9 Å². The molecule has 1 aliphatic heterocycles. The first kappa shape index (κ1) is 24.7. The summed E-state index contributed by atoms with van der Waals surface area (Å²) in [6.45, 7) is -5.32. The molecule has 0 saturated carbocycles. The first-order valence-electron chi connectivity index (χ1n) is 9.61. The van der Waals surface area contributed by atoms with Crippen LogP contribution in [0.15, 0.2) is 53.4 Å². The maximum absolute atomic E-state index is 12.7. The molecule has 0 aliphatic carbocycles. The van der Waals surface area contributed by atoms with Gasteiger partial charge in [-0.3, -0.25) is 4.79 Å². The van der Waals surface area contributed by atoms with Crippen molar-refractivity contribution in [3.63, 3.8) is 0 Å². The van der Waals surface area contributed by atoms with Gasteiger partial charge in [-0.05, 0) is 48.6 Å².